The summed E-state index contributed by atoms with van der Waals surface area (Å²) in [5.41, 5.74) is 1.20. The molecule has 0 amide bonds. The van der Waals surface area contributed by atoms with Crippen LogP contribution in [0.2, 0.25) is 5.02 Å². The van der Waals surface area contributed by atoms with E-state index >= 15 is 0 Å². The Labute approximate surface area is 127 Å². The molecule has 0 radical (unpaired) electrons. The van der Waals surface area contributed by atoms with E-state index < -0.39 is 9.84 Å². The predicted molar refractivity (Wildman–Crippen MR) is 86.1 cm³/mol. The van der Waals surface area contributed by atoms with Crippen LogP contribution in [0, 0.1) is 5.92 Å². The van der Waals surface area contributed by atoms with Crippen molar-refractivity contribution < 1.29 is 8.42 Å². The van der Waals surface area contributed by atoms with Gasteiger partial charge in [0.05, 0.1) is 5.75 Å². The molecule has 0 aromatic heterocycles. The molecule has 0 heterocycles. The van der Waals surface area contributed by atoms with E-state index in [4.69, 9.17) is 11.6 Å². The summed E-state index contributed by atoms with van der Waals surface area (Å²) in [5, 5.41) is 4.04. The highest BCUT2D eigenvalue weighted by Gasteiger charge is 2.14. The van der Waals surface area contributed by atoms with E-state index in [1.54, 1.807) is 6.92 Å². The van der Waals surface area contributed by atoms with E-state index in [2.05, 4.69) is 12.2 Å². The zero-order valence-corrected chi connectivity index (χ0v) is 13.8. The summed E-state index contributed by atoms with van der Waals surface area (Å²) >= 11 is 5.88. The first-order valence-corrected chi connectivity index (χ1v) is 9.32. The molecule has 1 atom stereocenters. The highest BCUT2D eigenvalue weighted by molar-refractivity contribution is 7.91. The van der Waals surface area contributed by atoms with Crippen LogP contribution >= 0.6 is 11.6 Å². The van der Waals surface area contributed by atoms with Crippen molar-refractivity contribution in [2.45, 2.75) is 26.7 Å². The zero-order chi connectivity index (χ0) is 15.0. The molecule has 114 valence electrons. The summed E-state index contributed by atoms with van der Waals surface area (Å²) in [4.78, 5) is 0. The third kappa shape index (κ3) is 6.73. The number of hydrogen-bond donors (Lipinski definition) is 1. The van der Waals surface area contributed by atoms with Crippen LogP contribution in [0.3, 0.4) is 0 Å². The van der Waals surface area contributed by atoms with Gasteiger partial charge in [-0.1, -0.05) is 37.6 Å². The Morgan fingerprint density at radius 3 is 2.40 bits per heavy atom. The Morgan fingerprint density at radius 1 is 1.20 bits per heavy atom. The molecule has 0 saturated carbocycles. The van der Waals surface area contributed by atoms with E-state index in [-0.39, 0.29) is 11.5 Å². The van der Waals surface area contributed by atoms with Crippen molar-refractivity contribution >= 4 is 21.4 Å². The Balaban J connectivity index is 2.61. The first-order valence-electron chi connectivity index (χ1n) is 7.12. The molecule has 1 N–H and O–H groups in total. The fraction of sp³-hybridized carbons (Fsp3) is 0.600. The van der Waals surface area contributed by atoms with Gasteiger partial charge in [0, 0.05) is 10.8 Å². The lowest BCUT2D eigenvalue weighted by atomic mass is 9.97. The van der Waals surface area contributed by atoms with E-state index in [0.29, 0.717) is 12.3 Å². The molecular formula is C15H24ClNO2S. The van der Waals surface area contributed by atoms with Crippen LogP contribution in [0.1, 0.15) is 25.8 Å². The smallest absolute Gasteiger partial charge is 0.150 e. The van der Waals surface area contributed by atoms with E-state index in [1.807, 2.05) is 24.3 Å². The molecule has 1 aromatic rings. The van der Waals surface area contributed by atoms with Gasteiger partial charge >= 0.3 is 0 Å². The summed E-state index contributed by atoms with van der Waals surface area (Å²) in [6.45, 7) is 5.51. The number of rotatable bonds is 9. The van der Waals surface area contributed by atoms with Gasteiger partial charge in [-0.3, -0.25) is 0 Å². The van der Waals surface area contributed by atoms with E-state index in [0.717, 1.165) is 24.5 Å². The summed E-state index contributed by atoms with van der Waals surface area (Å²) < 4.78 is 23.3. The largest absolute Gasteiger partial charge is 0.317 e. The van der Waals surface area contributed by atoms with Crippen molar-refractivity contribution in [2.75, 3.05) is 24.6 Å². The van der Waals surface area contributed by atoms with Crippen molar-refractivity contribution in [3.8, 4) is 0 Å². The third-order valence-corrected chi connectivity index (χ3v) is 5.39. The van der Waals surface area contributed by atoms with E-state index in [1.165, 1.54) is 5.56 Å². The topological polar surface area (TPSA) is 46.2 Å². The summed E-state index contributed by atoms with van der Waals surface area (Å²) in [6.07, 6.45) is 1.58. The molecule has 1 unspecified atom stereocenters. The monoisotopic (exact) mass is 317 g/mol. The summed E-state index contributed by atoms with van der Waals surface area (Å²) in [6, 6.07) is 7.78. The zero-order valence-electron chi connectivity index (χ0n) is 12.2. The summed E-state index contributed by atoms with van der Waals surface area (Å²) in [7, 11) is -2.89. The molecular weight excluding hydrogens is 294 g/mol. The fourth-order valence-corrected chi connectivity index (χ4v) is 3.18. The van der Waals surface area contributed by atoms with E-state index in [9.17, 15) is 8.42 Å². The van der Waals surface area contributed by atoms with Crippen LogP contribution in [0.4, 0.5) is 0 Å². The van der Waals surface area contributed by atoms with Gasteiger partial charge in [0.15, 0.2) is 0 Å². The number of halogens is 1. The maximum absolute atomic E-state index is 11.6. The van der Waals surface area contributed by atoms with Crippen molar-refractivity contribution in [3.63, 3.8) is 0 Å². The lowest BCUT2D eigenvalue weighted by Gasteiger charge is -2.17. The maximum Gasteiger partial charge on any atom is 0.150 e. The number of hydrogen-bond acceptors (Lipinski definition) is 3. The second kappa shape index (κ2) is 8.65. The molecule has 5 heteroatoms. The highest BCUT2D eigenvalue weighted by Crippen LogP contribution is 2.16. The minimum Gasteiger partial charge on any atom is -0.317 e. The van der Waals surface area contributed by atoms with Crippen LogP contribution in [0.5, 0.6) is 0 Å². The quantitative estimate of drug-likeness (QED) is 0.761. The van der Waals surface area contributed by atoms with Crippen LogP contribution in [0.15, 0.2) is 24.3 Å². The Kier molecular flexibility index (Phi) is 7.56. The highest BCUT2D eigenvalue weighted by atomic mass is 35.5. The predicted octanol–water partition coefficient (Wildman–Crippen LogP) is 2.93. The van der Waals surface area contributed by atoms with Crippen LogP contribution in [0.25, 0.3) is 0 Å². The standard InChI is InChI=1S/C15H24ClNO2S/c1-3-17-12-14(9-10-20(18,19)4-2)11-13-5-7-15(16)8-6-13/h5-8,14,17H,3-4,9-12H2,1-2H3. The number of sulfone groups is 1. The lowest BCUT2D eigenvalue weighted by Crippen LogP contribution is -2.26. The normalized spacial score (nSPS) is 13.3. The second-order valence-electron chi connectivity index (χ2n) is 5.03. The fourth-order valence-electron chi connectivity index (χ4n) is 2.07. The number of benzene rings is 1. The van der Waals surface area contributed by atoms with Gasteiger partial charge in [-0.05, 0) is 49.5 Å². The molecule has 1 aromatic carbocycles. The maximum atomic E-state index is 11.6. The lowest BCUT2D eigenvalue weighted by molar-refractivity contribution is 0.465. The molecule has 0 aliphatic carbocycles. The van der Waals surface area contributed by atoms with Gasteiger partial charge in [-0.25, -0.2) is 8.42 Å². The third-order valence-electron chi connectivity index (χ3n) is 3.40. The molecule has 0 aliphatic rings. The van der Waals surface area contributed by atoms with Gasteiger partial charge in [0.1, 0.15) is 9.84 Å². The minimum atomic E-state index is -2.89. The van der Waals surface area contributed by atoms with Crippen LogP contribution < -0.4 is 5.32 Å². The van der Waals surface area contributed by atoms with Crippen LogP contribution in [-0.2, 0) is 16.3 Å². The molecule has 0 fully saturated rings. The average Bonchev–Trinajstić information content (AvgIpc) is 2.44. The molecule has 0 saturated heterocycles. The first-order chi connectivity index (χ1) is 9.46. The van der Waals surface area contributed by atoms with Crippen LogP contribution in [-0.4, -0.2) is 33.0 Å². The Hall–Kier alpha value is -0.580. The van der Waals surface area contributed by atoms with Gasteiger partial charge in [0.25, 0.3) is 0 Å². The first kappa shape index (κ1) is 17.5. The molecule has 0 aliphatic heterocycles. The molecule has 1 rings (SSSR count). The molecule has 20 heavy (non-hydrogen) atoms. The second-order valence-corrected chi connectivity index (χ2v) is 7.94. The van der Waals surface area contributed by atoms with Crippen molar-refractivity contribution in [1.29, 1.82) is 0 Å². The Bertz CT molecular complexity index is 485. The summed E-state index contributed by atoms with van der Waals surface area (Å²) in [5.74, 6) is 0.826. The molecule has 3 nitrogen and oxygen atoms in total. The molecule has 0 bridgehead atoms. The van der Waals surface area contributed by atoms with Gasteiger partial charge < -0.3 is 5.32 Å². The van der Waals surface area contributed by atoms with Crippen molar-refractivity contribution in [1.82, 2.24) is 5.32 Å². The van der Waals surface area contributed by atoms with Crippen molar-refractivity contribution in [2.24, 2.45) is 5.92 Å². The van der Waals surface area contributed by atoms with Crippen molar-refractivity contribution in [3.05, 3.63) is 34.9 Å². The number of nitrogens with one attached hydrogen (secondary N) is 1. The SMILES string of the molecule is CCNCC(CCS(=O)(=O)CC)Cc1ccc(Cl)cc1. The molecule has 0 spiro atoms. The Morgan fingerprint density at radius 2 is 1.85 bits per heavy atom. The van der Waals surface area contributed by atoms with Gasteiger partial charge in [-0.15, -0.1) is 0 Å². The van der Waals surface area contributed by atoms with Gasteiger partial charge in [-0.2, -0.15) is 0 Å². The van der Waals surface area contributed by atoms with Gasteiger partial charge in [0.2, 0.25) is 0 Å². The minimum absolute atomic E-state index is 0.224. The average molecular weight is 318 g/mol.